The zero-order valence-electron chi connectivity index (χ0n) is 11.8. The van der Waals surface area contributed by atoms with Crippen LogP contribution in [0.3, 0.4) is 0 Å². The van der Waals surface area contributed by atoms with Crippen LogP contribution in [0.1, 0.15) is 37.8 Å². The van der Waals surface area contributed by atoms with Crippen molar-refractivity contribution in [1.82, 2.24) is 5.32 Å². The predicted octanol–water partition coefficient (Wildman–Crippen LogP) is 3.99. The minimum Gasteiger partial charge on any atom is -0.493 e. The molecule has 1 aromatic rings. The molecule has 20 heavy (non-hydrogen) atoms. The number of alkyl halides is 3. The first kappa shape index (κ1) is 15.2. The van der Waals surface area contributed by atoms with Gasteiger partial charge in [-0.1, -0.05) is 19.9 Å². The number of hydrogen-bond donors (Lipinski definition) is 1. The summed E-state index contributed by atoms with van der Waals surface area (Å²) in [5.41, 5.74) is -0.0639. The zero-order valence-corrected chi connectivity index (χ0v) is 11.8. The van der Waals surface area contributed by atoms with Gasteiger partial charge in [-0.3, -0.25) is 0 Å². The zero-order chi connectivity index (χ0) is 14.8. The molecule has 0 saturated heterocycles. The van der Waals surface area contributed by atoms with Gasteiger partial charge in [-0.15, -0.1) is 0 Å². The van der Waals surface area contributed by atoms with E-state index in [1.54, 1.807) is 6.07 Å². The maximum atomic E-state index is 13.1. The van der Waals surface area contributed by atoms with Crippen molar-refractivity contribution in [3.63, 3.8) is 0 Å². The molecule has 112 valence electrons. The molecule has 2 nitrogen and oxygen atoms in total. The maximum Gasteiger partial charge on any atom is 0.419 e. The molecule has 0 bridgehead atoms. The van der Waals surface area contributed by atoms with Crippen molar-refractivity contribution in [2.24, 2.45) is 5.92 Å². The van der Waals surface area contributed by atoms with Crippen LogP contribution in [0, 0.1) is 5.92 Å². The van der Waals surface area contributed by atoms with Crippen molar-refractivity contribution in [2.45, 2.75) is 45.5 Å². The molecule has 0 unspecified atom stereocenters. The van der Waals surface area contributed by atoms with Gasteiger partial charge >= 0.3 is 6.18 Å². The molecule has 1 aliphatic rings. The summed E-state index contributed by atoms with van der Waals surface area (Å²) in [7, 11) is 0. The van der Waals surface area contributed by atoms with Crippen LogP contribution in [0.2, 0.25) is 0 Å². The van der Waals surface area contributed by atoms with E-state index in [0.29, 0.717) is 24.6 Å². The van der Waals surface area contributed by atoms with Gasteiger partial charge in [-0.05, 0) is 36.5 Å². The molecule has 1 N–H and O–H groups in total. The van der Waals surface area contributed by atoms with Crippen LogP contribution in [0.25, 0.3) is 0 Å². The lowest BCUT2D eigenvalue weighted by atomic mass is 10.1. The molecule has 5 heteroatoms. The largest absolute Gasteiger partial charge is 0.493 e. The Morgan fingerprint density at radius 2 is 2.00 bits per heavy atom. The molecule has 0 amide bonds. The molecule has 0 heterocycles. The van der Waals surface area contributed by atoms with Crippen molar-refractivity contribution in [2.75, 3.05) is 6.61 Å². The molecule has 1 aromatic carbocycles. The summed E-state index contributed by atoms with van der Waals surface area (Å²) < 4.78 is 44.5. The van der Waals surface area contributed by atoms with Gasteiger partial charge in [-0.2, -0.15) is 13.2 Å². The smallest absolute Gasteiger partial charge is 0.419 e. The van der Waals surface area contributed by atoms with Crippen molar-refractivity contribution in [3.05, 3.63) is 29.3 Å². The van der Waals surface area contributed by atoms with Gasteiger partial charge in [0.2, 0.25) is 0 Å². The van der Waals surface area contributed by atoms with Crippen LogP contribution in [0.4, 0.5) is 13.2 Å². The van der Waals surface area contributed by atoms with Gasteiger partial charge in [0.1, 0.15) is 5.75 Å². The predicted molar refractivity (Wildman–Crippen MR) is 71.6 cm³/mol. The molecular formula is C15H20F3NO. The highest BCUT2D eigenvalue weighted by molar-refractivity contribution is 5.39. The number of rotatable bonds is 6. The van der Waals surface area contributed by atoms with Gasteiger partial charge in [0.05, 0.1) is 12.2 Å². The summed E-state index contributed by atoms with van der Waals surface area (Å²) in [6, 6.07) is 4.53. The van der Waals surface area contributed by atoms with Crippen LogP contribution in [-0.2, 0) is 12.7 Å². The second-order valence-corrected chi connectivity index (χ2v) is 5.62. The first-order valence-corrected chi connectivity index (χ1v) is 6.92. The molecule has 1 aliphatic carbocycles. The second kappa shape index (κ2) is 6.04. The molecule has 0 atom stereocenters. The van der Waals surface area contributed by atoms with E-state index < -0.39 is 11.7 Å². The van der Waals surface area contributed by atoms with E-state index in [9.17, 15) is 13.2 Å². The lowest BCUT2D eigenvalue weighted by Crippen LogP contribution is -2.22. The third-order valence-electron chi connectivity index (χ3n) is 3.24. The molecular weight excluding hydrogens is 267 g/mol. The Balaban J connectivity index is 2.13. The Morgan fingerprint density at radius 3 is 2.55 bits per heavy atom. The van der Waals surface area contributed by atoms with Crippen LogP contribution in [0.5, 0.6) is 5.75 Å². The van der Waals surface area contributed by atoms with E-state index >= 15 is 0 Å². The third kappa shape index (κ3) is 4.40. The van der Waals surface area contributed by atoms with Crippen molar-refractivity contribution < 1.29 is 17.9 Å². The number of hydrogen-bond acceptors (Lipinski definition) is 2. The van der Waals surface area contributed by atoms with Gasteiger partial charge in [0.15, 0.2) is 0 Å². The number of halogens is 3. The minimum absolute atomic E-state index is 0.0577. The molecule has 2 rings (SSSR count). The van der Waals surface area contributed by atoms with E-state index in [4.69, 9.17) is 4.74 Å². The molecule has 1 saturated carbocycles. The number of benzene rings is 1. The first-order chi connectivity index (χ1) is 9.36. The van der Waals surface area contributed by atoms with Crippen molar-refractivity contribution in [3.8, 4) is 5.75 Å². The van der Waals surface area contributed by atoms with Crippen LogP contribution < -0.4 is 10.1 Å². The van der Waals surface area contributed by atoms with Gasteiger partial charge in [-0.25, -0.2) is 0 Å². The lowest BCUT2D eigenvalue weighted by molar-refractivity contribution is -0.139. The molecule has 0 aromatic heterocycles. The number of nitrogens with one attached hydrogen (secondary N) is 1. The molecule has 0 radical (unpaired) electrons. The number of ether oxygens (including phenoxy) is 1. The Bertz CT molecular complexity index is 453. The fraction of sp³-hybridized carbons (Fsp3) is 0.600. The Morgan fingerprint density at radius 1 is 1.30 bits per heavy atom. The average molecular weight is 287 g/mol. The molecule has 1 fully saturated rings. The van der Waals surface area contributed by atoms with Crippen LogP contribution in [-0.4, -0.2) is 12.6 Å². The summed E-state index contributed by atoms with van der Waals surface area (Å²) >= 11 is 0. The quantitative estimate of drug-likeness (QED) is 0.854. The highest BCUT2D eigenvalue weighted by Gasteiger charge is 2.35. The van der Waals surface area contributed by atoms with Gasteiger partial charge in [0.25, 0.3) is 0 Å². The topological polar surface area (TPSA) is 21.3 Å². The van der Waals surface area contributed by atoms with Crippen molar-refractivity contribution >= 4 is 0 Å². The maximum absolute atomic E-state index is 13.1. The minimum atomic E-state index is -4.38. The second-order valence-electron chi connectivity index (χ2n) is 5.62. The summed E-state index contributed by atoms with van der Waals surface area (Å²) in [5, 5.41) is 3.11. The molecule has 0 aliphatic heterocycles. The highest BCUT2D eigenvalue weighted by atomic mass is 19.4. The van der Waals surface area contributed by atoms with Crippen molar-refractivity contribution in [1.29, 1.82) is 0 Å². The SMILES string of the molecule is CC(C)NCc1ccc(OCC2CC2)c(C(F)(F)F)c1. The van der Waals surface area contributed by atoms with E-state index in [-0.39, 0.29) is 11.8 Å². The summed E-state index contributed by atoms with van der Waals surface area (Å²) in [5.74, 6) is 0.371. The Kier molecular flexibility index (Phi) is 4.58. The summed E-state index contributed by atoms with van der Waals surface area (Å²) in [6.45, 7) is 4.71. The highest BCUT2D eigenvalue weighted by Crippen LogP contribution is 2.38. The van der Waals surface area contributed by atoms with E-state index in [2.05, 4.69) is 5.32 Å². The van der Waals surface area contributed by atoms with Gasteiger partial charge in [0, 0.05) is 12.6 Å². The van der Waals surface area contributed by atoms with E-state index in [1.807, 2.05) is 13.8 Å². The Hall–Kier alpha value is -1.23. The standard InChI is InChI=1S/C15H20F3NO/c1-10(2)19-8-12-5-6-14(20-9-11-3-4-11)13(7-12)15(16,17)18/h5-7,10-11,19H,3-4,8-9H2,1-2H3. The average Bonchev–Trinajstić information content (AvgIpc) is 3.17. The summed E-state index contributed by atoms with van der Waals surface area (Å²) in [4.78, 5) is 0. The van der Waals surface area contributed by atoms with Crippen LogP contribution >= 0.6 is 0 Å². The monoisotopic (exact) mass is 287 g/mol. The fourth-order valence-corrected chi connectivity index (χ4v) is 1.85. The normalized spacial score (nSPS) is 15.7. The van der Waals surface area contributed by atoms with Gasteiger partial charge < -0.3 is 10.1 Å². The fourth-order valence-electron chi connectivity index (χ4n) is 1.85. The van der Waals surface area contributed by atoms with E-state index in [1.165, 1.54) is 12.1 Å². The molecule has 0 spiro atoms. The third-order valence-corrected chi connectivity index (χ3v) is 3.24. The first-order valence-electron chi connectivity index (χ1n) is 6.92. The summed E-state index contributed by atoms with van der Waals surface area (Å²) in [6.07, 6.45) is -2.28. The van der Waals surface area contributed by atoms with E-state index in [0.717, 1.165) is 12.8 Å². The Labute approximate surface area is 117 Å². The van der Waals surface area contributed by atoms with Crippen LogP contribution in [0.15, 0.2) is 18.2 Å². The lowest BCUT2D eigenvalue weighted by Gasteiger charge is -2.16.